The van der Waals surface area contributed by atoms with Gasteiger partial charge < -0.3 is 5.32 Å². The Morgan fingerprint density at radius 3 is 2.50 bits per heavy atom. The van der Waals surface area contributed by atoms with Crippen LogP contribution in [0.25, 0.3) is 0 Å². The molecule has 0 unspecified atom stereocenters. The summed E-state index contributed by atoms with van der Waals surface area (Å²) in [5.41, 5.74) is 4.19. The first kappa shape index (κ1) is 10.3. The molecule has 4 nitrogen and oxygen atoms in total. The van der Waals surface area contributed by atoms with Gasteiger partial charge in [0.25, 0.3) is 5.91 Å². The average Bonchev–Trinajstić information content (AvgIpc) is 2.81. The fourth-order valence-electron chi connectivity index (χ4n) is 1.49. The molecule has 0 aliphatic carbocycles. The van der Waals surface area contributed by atoms with E-state index in [0.29, 0.717) is 5.56 Å². The zero-order chi connectivity index (χ0) is 11.4. The number of benzene rings is 1. The van der Waals surface area contributed by atoms with E-state index in [1.54, 1.807) is 30.2 Å². The minimum Gasteiger partial charge on any atom is -0.387 e. The quantitative estimate of drug-likeness (QED) is 0.821. The number of amides is 1. The number of carbonyl (C=O) groups is 1. The lowest BCUT2D eigenvalue weighted by atomic mass is 10.1. The van der Waals surface area contributed by atoms with Crippen molar-refractivity contribution in [2.75, 3.05) is 17.8 Å². The van der Waals surface area contributed by atoms with Crippen molar-refractivity contribution in [1.29, 1.82) is 0 Å². The number of aromatic nitrogens is 1. The number of anilines is 1. The molecule has 2 N–H and O–H groups in total. The molecule has 82 valence electrons. The van der Waals surface area contributed by atoms with Crippen LogP contribution < -0.4 is 10.7 Å². The van der Waals surface area contributed by atoms with Crippen LogP contribution in [0.2, 0.25) is 0 Å². The van der Waals surface area contributed by atoms with Crippen LogP contribution >= 0.6 is 0 Å². The monoisotopic (exact) mass is 215 g/mol. The van der Waals surface area contributed by atoms with Crippen molar-refractivity contribution < 1.29 is 4.79 Å². The molecule has 0 saturated heterocycles. The summed E-state index contributed by atoms with van der Waals surface area (Å²) >= 11 is 0. The molecule has 4 heteroatoms. The molecule has 0 spiro atoms. The van der Waals surface area contributed by atoms with Crippen LogP contribution in [0.4, 0.5) is 5.69 Å². The fourth-order valence-corrected chi connectivity index (χ4v) is 1.49. The first-order valence-corrected chi connectivity index (χ1v) is 5.02. The van der Waals surface area contributed by atoms with Gasteiger partial charge in [0.15, 0.2) is 0 Å². The molecule has 0 saturated carbocycles. The summed E-state index contributed by atoms with van der Waals surface area (Å²) in [5, 5.41) is 2.99. The fraction of sp³-hybridized carbons (Fsp3) is 0.0833. The largest absolute Gasteiger partial charge is 0.387 e. The van der Waals surface area contributed by atoms with Gasteiger partial charge >= 0.3 is 0 Å². The van der Waals surface area contributed by atoms with Gasteiger partial charge in [-0.1, -0.05) is 12.1 Å². The maximum Gasteiger partial charge on any atom is 0.272 e. The molecule has 1 amide bonds. The van der Waals surface area contributed by atoms with Gasteiger partial charge in [-0.2, -0.15) is 0 Å². The molecule has 0 atom stereocenters. The summed E-state index contributed by atoms with van der Waals surface area (Å²) < 4.78 is 1.62. The van der Waals surface area contributed by atoms with Crippen molar-refractivity contribution in [2.24, 2.45) is 0 Å². The van der Waals surface area contributed by atoms with Gasteiger partial charge in [0.1, 0.15) is 0 Å². The molecule has 0 bridgehead atoms. The first-order valence-electron chi connectivity index (χ1n) is 5.02. The van der Waals surface area contributed by atoms with Gasteiger partial charge in [-0.15, -0.1) is 0 Å². The lowest BCUT2D eigenvalue weighted by Crippen LogP contribution is -2.22. The summed E-state index contributed by atoms with van der Waals surface area (Å²) in [6.45, 7) is 0. The van der Waals surface area contributed by atoms with Crippen LogP contribution in [0.1, 0.15) is 10.4 Å². The van der Waals surface area contributed by atoms with E-state index in [0.717, 1.165) is 5.69 Å². The van der Waals surface area contributed by atoms with Crippen molar-refractivity contribution in [3.8, 4) is 0 Å². The van der Waals surface area contributed by atoms with Crippen molar-refractivity contribution in [3.05, 3.63) is 54.4 Å². The number of carbonyl (C=O) groups excluding carboxylic acids is 1. The summed E-state index contributed by atoms with van der Waals surface area (Å²) in [6, 6.07) is 11.1. The summed E-state index contributed by atoms with van der Waals surface area (Å²) in [7, 11) is 1.79. The smallest absolute Gasteiger partial charge is 0.272 e. The van der Waals surface area contributed by atoms with E-state index in [1.807, 2.05) is 30.3 Å². The molecule has 0 radical (unpaired) electrons. The first-order chi connectivity index (χ1) is 7.81. The predicted octanol–water partition coefficient (Wildman–Crippen LogP) is 1.91. The van der Waals surface area contributed by atoms with E-state index in [2.05, 4.69) is 10.7 Å². The maximum absolute atomic E-state index is 11.9. The Labute approximate surface area is 93.9 Å². The van der Waals surface area contributed by atoms with Gasteiger partial charge in [-0.3, -0.25) is 14.9 Å². The van der Waals surface area contributed by atoms with Crippen molar-refractivity contribution >= 4 is 11.6 Å². The molecule has 0 aliphatic rings. The van der Waals surface area contributed by atoms with E-state index in [1.165, 1.54) is 0 Å². The van der Waals surface area contributed by atoms with E-state index >= 15 is 0 Å². The van der Waals surface area contributed by atoms with E-state index in [4.69, 9.17) is 0 Å². The summed E-state index contributed by atoms with van der Waals surface area (Å²) in [5.74, 6) is -0.138. The highest BCUT2D eigenvalue weighted by Gasteiger charge is 2.09. The third-order valence-electron chi connectivity index (χ3n) is 2.28. The summed E-state index contributed by atoms with van der Waals surface area (Å²) in [4.78, 5) is 11.9. The lowest BCUT2D eigenvalue weighted by Gasteiger charge is -2.09. The minimum atomic E-state index is -0.138. The van der Waals surface area contributed by atoms with Gasteiger partial charge in [-0.05, 0) is 24.3 Å². The lowest BCUT2D eigenvalue weighted by molar-refractivity contribution is 0.101. The molecular weight excluding hydrogens is 202 g/mol. The van der Waals surface area contributed by atoms with E-state index in [9.17, 15) is 4.79 Å². The van der Waals surface area contributed by atoms with Crippen LogP contribution in [0, 0.1) is 0 Å². The Balaban J connectivity index is 2.21. The second kappa shape index (κ2) is 4.53. The van der Waals surface area contributed by atoms with Crippen LogP contribution in [-0.4, -0.2) is 17.6 Å². The predicted molar refractivity (Wildman–Crippen MR) is 64.1 cm³/mol. The molecule has 1 heterocycles. The SMILES string of the molecule is CNc1ccccc1C(=O)Nn1cccc1. The topological polar surface area (TPSA) is 46.1 Å². The number of nitrogens with one attached hydrogen (secondary N) is 2. The summed E-state index contributed by atoms with van der Waals surface area (Å²) in [6.07, 6.45) is 3.56. The van der Waals surface area contributed by atoms with Crippen LogP contribution in [0.5, 0.6) is 0 Å². The number of hydrogen-bond donors (Lipinski definition) is 2. The third-order valence-corrected chi connectivity index (χ3v) is 2.28. The van der Waals surface area contributed by atoms with Crippen LogP contribution in [0.15, 0.2) is 48.8 Å². The van der Waals surface area contributed by atoms with Crippen LogP contribution in [-0.2, 0) is 0 Å². The molecule has 0 fully saturated rings. The number of rotatable bonds is 3. The molecule has 2 aromatic rings. The van der Waals surface area contributed by atoms with Crippen molar-refractivity contribution in [2.45, 2.75) is 0 Å². The second-order valence-corrected chi connectivity index (χ2v) is 3.33. The molecule has 2 rings (SSSR count). The normalized spacial score (nSPS) is 9.81. The minimum absolute atomic E-state index is 0.138. The van der Waals surface area contributed by atoms with Gasteiger partial charge in [0, 0.05) is 25.1 Å². The van der Waals surface area contributed by atoms with Crippen molar-refractivity contribution in [1.82, 2.24) is 4.68 Å². The zero-order valence-corrected chi connectivity index (χ0v) is 8.97. The van der Waals surface area contributed by atoms with E-state index < -0.39 is 0 Å². The second-order valence-electron chi connectivity index (χ2n) is 3.33. The Morgan fingerprint density at radius 1 is 1.12 bits per heavy atom. The highest BCUT2D eigenvalue weighted by atomic mass is 16.2. The number of nitrogens with zero attached hydrogens (tertiary/aromatic N) is 1. The Bertz CT molecular complexity index is 477. The number of para-hydroxylation sites is 1. The molecule has 16 heavy (non-hydrogen) atoms. The molecular formula is C12H13N3O. The average molecular weight is 215 g/mol. The Hall–Kier alpha value is -2.23. The van der Waals surface area contributed by atoms with Gasteiger partial charge in [0.2, 0.25) is 0 Å². The Kier molecular flexibility index (Phi) is 2.91. The molecule has 1 aromatic heterocycles. The van der Waals surface area contributed by atoms with Crippen LogP contribution in [0.3, 0.4) is 0 Å². The van der Waals surface area contributed by atoms with Gasteiger partial charge in [0.05, 0.1) is 5.56 Å². The zero-order valence-electron chi connectivity index (χ0n) is 8.97. The van der Waals surface area contributed by atoms with E-state index in [-0.39, 0.29) is 5.91 Å². The third kappa shape index (κ3) is 2.06. The maximum atomic E-state index is 11.9. The van der Waals surface area contributed by atoms with Crippen molar-refractivity contribution in [3.63, 3.8) is 0 Å². The van der Waals surface area contributed by atoms with Gasteiger partial charge in [-0.25, -0.2) is 0 Å². The molecule has 0 aliphatic heterocycles. The standard InChI is InChI=1S/C12H13N3O/c1-13-11-7-3-2-6-10(11)12(16)14-15-8-4-5-9-15/h2-9,13H,1H3,(H,14,16). The highest BCUT2D eigenvalue weighted by molar-refractivity contribution is 6.04. The Morgan fingerprint density at radius 2 is 1.81 bits per heavy atom. The molecule has 1 aromatic carbocycles. The number of hydrogen-bond acceptors (Lipinski definition) is 2. The highest BCUT2D eigenvalue weighted by Crippen LogP contribution is 2.13.